The molecule has 2 N–H and O–H groups in total. The van der Waals surface area contributed by atoms with Crippen LogP contribution in [0.4, 0.5) is 0 Å². The number of aliphatic hydroxyl groups excluding tert-OH is 1. The Hall–Kier alpha value is -2.08. The molecule has 2 unspecified atom stereocenters. The number of aromatic nitrogens is 2. The predicted molar refractivity (Wildman–Crippen MR) is 73.2 cm³/mol. The van der Waals surface area contributed by atoms with Crippen molar-refractivity contribution in [2.45, 2.75) is 32.4 Å². The zero-order valence-electron chi connectivity index (χ0n) is 11.8. The highest BCUT2D eigenvalue weighted by atomic mass is 16.4. The molecule has 0 fully saturated rings. The third-order valence-electron chi connectivity index (χ3n) is 3.06. The third-order valence-corrected chi connectivity index (χ3v) is 3.06. The van der Waals surface area contributed by atoms with E-state index in [2.05, 4.69) is 10.4 Å². The summed E-state index contributed by atoms with van der Waals surface area (Å²) in [5.74, 6) is 0.301. The van der Waals surface area contributed by atoms with Crippen LogP contribution >= 0.6 is 0 Å². The summed E-state index contributed by atoms with van der Waals surface area (Å²) in [7, 11) is 1.73. The van der Waals surface area contributed by atoms with E-state index in [1.807, 2.05) is 13.8 Å². The van der Waals surface area contributed by atoms with E-state index in [-0.39, 0.29) is 11.9 Å². The zero-order valence-corrected chi connectivity index (χ0v) is 11.8. The van der Waals surface area contributed by atoms with Crippen LogP contribution in [0.15, 0.2) is 28.9 Å². The minimum Gasteiger partial charge on any atom is -0.467 e. The van der Waals surface area contributed by atoms with Gasteiger partial charge in [0.2, 0.25) is 0 Å². The number of hydrogen-bond acceptors (Lipinski definition) is 4. The summed E-state index contributed by atoms with van der Waals surface area (Å²) in [5.41, 5.74) is 1.29. The first-order chi connectivity index (χ1) is 9.47. The number of carbonyl (C=O) groups excluding carboxylic acids is 1. The molecule has 2 heterocycles. The van der Waals surface area contributed by atoms with Gasteiger partial charge < -0.3 is 14.8 Å². The summed E-state index contributed by atoms with van der Waals surface area (Å²) < 4.78 is 6.67. The molecule has 0 aliphatic heterocycles. The SMILES string of the molecule is Cc1cc(C(=O)NC(C)CC(O)c2ccco2)n(C)n1. The maximum absolute atomic E-state index is 12.1. The lowest BCUT2D eigenvalue weighted by molar-refractivity contribution is 0.0894. The van der Waals surface area contributed by atoms with Crippen LogP contribution in [0.2, 0.25) is 0 Å². The smallest absolute Gasteiger partial charge is 0.269 e. The summed E-state index contributed by atoms with van der Waals surface area (Å²) in [6, 6.07) is 4.98. The molecule has 6 heteroatoms. The van der Waals surface area contributed by atoms with E-state index in [9.17, 15) is 9.90 Å². The Bertz CT molecular complexity index is 575. The zero-order chi connectivity index (χ0) is 14.7. The number of aliphatic hydroxyl groups is 1. The molecule has 0 radical (unpaired) electrons. The van der Waals surface area contributed by atoms with Gasteiger partial charge in [-0.2, -0.15) is 5.10 Å². The lowest BCUT2D eigenvalue weighted by atomic mass is 10.1. The Kier molecular flexibility index (Phi) is 4.24. The van der Waals surface area contributed by atoms with Crippen LogP contribution < -0.4 is 5.32 Å². The summed E-state index contributed by atoms with van der Waals surface area (Å²) in [4.78, 5) is 12.1. The van der Waals surface area contributed by atoms with Crippen molar-refractivity contribution in [3.63, 3.8) is 0 Å². The van der Waals surface area contributed by atoms with Crippen molar-refractivity contribution in [1.29, 1.82) is 0 Å². The molecule has 2 atom stereocenters. The lowest BCUT2D eigenvalue weighted by Crippen LogP contribution is -2.34. The fraction of sp³-hybridized carbons (Fsp3) is 0.429. The molecular formula is C14H19N3O3. The number of carbonyl (C=O) groups is 1. The van der Waals surface area contributed by atoms with Crippen molar-refractivity contribution in [2.24, 2.45) is 7.05 Å². The molecule has 2 aromatic heterocycles. The maximum atomic E-state index is 12.1. The summed E-state index contributed by atoms with van der Waals surface area (Å²) in [6.45, 7) is 3.67. The second kappa shape index (κ2) is 5.92. The van der Waals surface area contributed by atoms with Crippen LogP contribution in [0, 0.1) is 6.92 Å². The van der Waals surface area contributed by atoms with Crippen molar-refractivity contribution >= 4 is 5.91 Å². The number of rotatable bonds is 5. The number of nitrogens with one attached hydrogen (secondary N) is 1. The van der Waals surface area contributed by atoms with Gasteiger partial charge in [0.15, 0.2) is 0 Å². The van der Waals surface area contributed by atoms with Gasteiger partial charge in [-0.3, -0.25) is 9.48 Å². The quantitative estimate of drug-likeness (QED) is 0.869. The first-order valence-corrected chi connectivity index (χ1v) is 6.50. The largest absolute Gasteiger partial charge is 0.467 e. The molecule has 0 aliphatic rings. The highest BCUT2D eigenvalue weighted by molar-refractivity contribution is 5.92. The molecule has 0 saturated carbocycles. The maximum Gasteiger partial charge on any atom is 0.269 e. The van der Waals surface area contributed by atoms with Gasteiger partial charge in [-0.1, -0.05) is 0 Å². The van der Waals surface area contributed by atoms with Crippen molar-refractivity contribution in [1.82, 2.24) is 15.1 Å². The molecule has 2 aromatic rings. The fourth-order valence-electron chi connectivity index (χ4n) is 2.11. The highest BCUT2D eigenvalue weighted by Crippen LogP contribution is 2.18. The van der Waals surface area contributed by atoms with Crippen molar-refractivity contribution in [2.75, 3.05) is 0 Å². The first-order valence-electron chi connectivity index (χ1n) is 6.50. The number of amides is 1. The lowest BCUT2D eigenvalue weighted by Gasteiger charge is -2.16. The van der Waals surface area contributed by atoms with Crippen LogP contribution in [-0.2, 0) is 7.05 Å². The third kappa shape index (κ3) is 3.27. The number of hydrogen-bond donors (Lipinski definition) is 2. The predicted octanol–water partition coefficient (Wildman–Crippen LogP) is 1.56. The van der Waals surface area contributed by atoms with E-state index in [1.165, 1.54) is 6.26 Å². The molecule has 20 heavy (non-hydrogen) atoms. The molecule has 1 amide bonds. The average Bonchev–Trinajstić information content (AvgIpc) is 2.98. The minimum absolute atomic E-state index is 0.183. The van der Waals surface area contributed by atoms with Gasteiger partial charge in [0.25, 0.3) is 5.91 Å². The van der Waals surface area contributed by atoms with Gasteiger partial charge in [-0.05, 0) is 32.0 Å². The molecule has 0 spiro atoms. The monoisotopic (exact) mass is 277 g/mol. The van der Waals surface area contributed by atoms with Crippen molar-refractivity contribution in [3.05, 3.63) is 41.6 Å². The fourth-order valence-corrected chi connectivity index (χ4v) is 2.11. The second-order valence-electron chi connectivity index (χ2n) is 4.94. The average molecular weight is 277 g/mol. The van der Waals surface area contributed by atoms with Gasteiger partial charge in [0.1, 0.15) is 17.6 Å². The van der Waals surface area contributed by atoms with Gasteiger partial charge in [0, 0.05) is 19.5 Å². The summed E-state index contributed by atoms with van der Waals surface area (Å²) in [6.07, 6.45) is 1.17. The van der Waals surface area contributed by atoms with Crippen LogP contribution in [-0.4, -0.2) is 26.8 Å². The Balaban J connectivity index is 1.93. The van der Waals surface area contributed by atoms with Crippen LogP contribution in [0.1, 0.15) is 41.4 Å². The van der Waals surface area contributed by atoms with Gasteiger partial charge in [0.05, 0.1) is 12.0 Å². The second-order valence-corrected chi connectivity index (χ2v) is 4.94. The molecule has 6 nitrogen and oxygen atoms in total. The van der Waals surface area contributed by atoms with Crippen molar-refractivity contribution in [3.8, 4) is 0 Å². The van der Waals surface area contributed by atoms with Gasteiger partial charge in [-0.25, -0.2) is 0 Å². The number of aryl methyl sites for hydroxylation is 2. The normalized spacial score (nSPS) is 14.0. The Morgan fingerprint density at radius 2 is 2.35 bits per heavy atom. The Morgan fingerprint density at radius 1 is 1.60 bits per heavy atom. The molecular weight excluding hydrogens is 258 g/mol. The molecule has 0 aliphatic carbocycles. The standard InChI is InChI=1S/C14H19N3O3/c1-9(8-12(18)13-5-4-6-20-13)15-14(19)11-7-10(2)16-17(11)3/h4-7,9,12,18H,8H2,1-3H3,(H,15,19). The van der Waals surface area contributed by atoms with E-state index in [4.69, 9.17) is 4.42 Å². The number of furan rings is 1. The van der Waals surface area contributed by atoms with E-state index in [0.29, 0.717) is 17.9 Å². The molecule has 0 aromatic carbocycles. The van der Waals surface area contributed by atoms with Crippen LogP contribution in [0.25, 0.3) is 0 Å². The number of nitrogens with zero attached hydrogens (tertiary/aromatic N) is 2. The van der Waals surface area contributed by atoms with E-state index in [1.54, 1.807) is 29.9 Å². The van der Waals surface area contributed by atoms with E-state index in [0.717, 1.165) is 5.69 Å². The molecule has 0 bridgehead atoms. The highest BCUT2D eigenvalue weighted by Gasteiger charge is 2.18. The molecule has 108 valence electrons. The van der Waals surface area contributed by atoms with Gasteiger partial charge in [-0.15, -0.1) is 0 Å². The molecule has 0 saturated heterocycles. The first kappa shape index (κ1) is 14.3. The minimum atomic E-state index is -0.728. The van der Waals surface area contributed by atoms with Crippen molar-refractivity contribution < 1.29 is 14.3 Å². The summed E-state index contributed by atoms with van der Waals surface area (Å²) in [5, 5.41) is 16.9. The Morgan fingerprint density at radius 3 is 2.90 bits per heavy atom. The van der Waals surface area contributed by atoms with Gasteiger partial charge >= 0.3 is 0 Å². The van der Waals surface area contributed by atoms with E-state index < -0.39 is 6.10 Å². The Labute approximate surface area is 117 Å². The topological polar surface area (TPSA) is 80.3 Å². The van der Waals surface area contributed by atoms with Crippen LogP contribution in [0.3, 0.4) is 0 Å². The summed E-state index contributed by atoms with van der Waals surface area (Å²) >= 11 is 0. The van der Waals surface area contributed by atoms with E-state index >= 15 is 0 Å². The van der Waals surface area contributed by atoms with Crippen LogP contribution in [0.5, 0.6) is 0 Å². The molecule has 2 rings (SSSR count).